The van der Waals surface area contributed by atoms with Crippen molar-refractivity contribution in [1.82, 2.24) is 9.97 Å². The summed E-state index contributed by atoms with van der Waals surface area (Å²) >= 11 is 6.05. The molecule has 0 aromatic carbocycles. The van der Waals surface area contributed by atoms with Crippen molar-refractivity contribution in [3.63, 3.8) is 0 Å². The van der Waals surface area contributed by atoms with Crippen LogP contribution in [-0.4, -0.2) is 34.3 Å². The van der Waals surface area contributed by atoms with Crippen LogP contribution in [0.1, 0.15) is 31.7 Å². The third kappa shape index (κ3) is 2.13. The molecule has 20 heavy (non-hydrogen) atoms. The van der Waals surface area contributed by atoms with Crippen LogP contribution in [0.5, 0.6) is 0 Å². The molecule has 2 aromatic heterocycles. The summed E-state index contributed by atoms with van der Waals surface area (Å²) < 4.78 is 0. The van der Waals surface area contributed by atoms with Crippen LogP contribution in [0, 0.1) is 0 Å². The topological polar surface area (TPSA) is 49.2 Å². The molecule has 0 unspecified atom stereocenters. The largest absolute Gasteiger partial charge is 0.394 e. The van der Waals surface area contributed by atoms with Gasteiger partial charge in [-0.3, -0.25) is 0 Å². The lowest BCUT2D eigenvalue weighted by atomic mass is 9.97. The van der Waals surface area contributed by atoms with Gasteiger partial charge < -0.3 is 10.0 Å². The highest BCUT2D eigenvalue weighted by molar-refractivity contribution is 6.30. The maximum atomic E-state index is 9.37. The second kappa shape index (κ2) is 5.19. The lowest BCUT2D eigenvalue weighted by Crippen LogP contribution is -2.50. The van der Waals surface area contributed by atoms with Gasteiger partial charge in [-0.2, -0.15) is 0 Å². The fourth-order valence-corrected chi connectivity index (χ4v) is 2.87. The SMILES string of the molecule is CC(C)c1cnc(N2CC[C@H]2CO)c2cnc(Cl)cc12. The Balaban J connectivity index is 2.17. The van der Waals surface area contributed by atoms with Gasteiger partial charge in [0.1, 0.15) is 11.0 Å². The maximum Gasteiger partial charge on any atom is 0.138 e. The molecule has 5 heteroatoms. The Morgan fingerprint density at radius 1 is 1.35 bits per heavy atom. The van der Waals surface area contributed by atoms with Crippen molar-refractivity contribution < 1.29 is 5.11 Å². The molecule has 3 heterocycles. The predicted octanol–water partition coefficient (Wildman–Crippen LogP) is 2.98. The van der Waals surface area contributed by atoms with Crippen molar-refractivity contribution in [3.05, 3.63) is 29.2 Å². The summed E-state index contributed by atoms with van der Waals surface area (Å²) in [5, 5.41) is 12.0. The van der Waals surface area contributed by atoms with Crippen LogP contribution in [-0.2, 0) is 0 Å². The quantitative estimate of drug-likeness (QED) is 0.883. The minimum Gasteiger partial charge on any atom is -0.394 e. The Hall–Kier alpha value is -1.39. The first-order valence-corrected chi connectivity index (χ1v) is 7.31. The first-order valence-electron chi connectivity index (χ1n) is 6.93. The van der Waals surface area contributed by atoms with Gasteiger partial charge in [0.05, 0.1) is 12.6 Å². The van der Waals surface area contributed by atoms with Gasteiger partial charge in [0, 0.05) is 24.3 Å². The molecule has 0 aliphatic carbocycles. The number of pyridine rings is 2. The third-order valence-electron chi connectivity index (χ3n) is 4.00. The van der Waals surface area contributed by atoms with E-state index in [0.29, 0.717) is 11.1 Å². The zero-order valence-corrected chi connectivity index (χ0v) is 12.4. The van der Waals surface area contributed by atoms with Gasteiger partial charge in [-0.15, -0.1) is 0 Å². The summed E-state index contributed by atoms with van der Waals surface area (Å²) in [5.41, 5.74) is 1.18. The molecule has 0 radical (unpaired) electrons. The molecule has 1 N–H and O–H groups in total. The van der Waals surface area contributed by atoms with Crippen molar-refractivity contribution in [2.24, 2.45) is 0 Å². The number of anilines is 1. The van der Waals surface area contributed by atoms with Crippen LogP contribution in [0.15, 0.2) is 18.5 Å². The smallest absolute Gasteiger partial charge is 0.138 e. The van der Waals surface area contributed by atoms with Crippen LogP contribution in [0.25, 0.3) is 10.8 Å². The van der Waals surface area contributed by atoms with Crippen LogP contribution in [0.3, 0.4) is 0 Å². The zero-order chi connectivity index (χ0) is 14.3. The zero-order valence-electron chi connectivity index (χ0n) is 11.7. The molecule has 0 spiro atoms. The van der Waals surface area contributed by atoms with Gasteiger partial charge >= 0.3 is 0 Å². The molecule has 106 valence electrons. The lowest BCUT2D eigenvalue weighted by molar-refractivity contribution is 0.226. The molecule has 1 fully saturated rings. The van der Waals surface area contributed by atoms with E-state index < -0.39 is 0 Å². The molecule has 1 aliphatic rings. The van der Waals surface area contributed by atoms with E-state index in [1.165, 1.54) is 5.56 Å². The minimum absolute atomic E-state index is 0.163. The second-order valence-electron chi connectivity index (χ2n) is 5.56. The van der Waals surface area contributed by atoms with Gasteiger partial charge in [-0.25, -0.2) is 9.97 Å². The normalized spacial score (nSPS) is 18.6. The number of aliphatic hydroxyl groups is 1. The standard InChI is InChI=1S/C15H18ClN3O/c1-9(2)12-6-18-15(19-4-3-10(19)8-20)13-7-17-14(16)5-11(12)13/h5-7,9-10,20H,3-4,8H2,1-2H3/t10-/m0/s1. The maximum absolute atomic E-state index is 9.37. The third-order valence-corrected chi connectivity index (χ3v) is 4.20. The summed E-state index contributed by atoms with van der Waals surface area (Å²) in [5.74, 6) is 1.28. The van der Waals surface area contributed by atoms with E-state index in [1.54, 1.807) is 6.20 Å². The number of aromatic nitrogens is 2. The summed E-state index contributed by atoms with van der Waals surface area (Å²) in [7, 11) is 0. The Kier molecular flexibility index (Phi) is 3.52. The van der Waals surface area contributed by atoms with E-state index in [-0.39, 0.29) is 12.6 Å². The van der Waals surface area contributed by atoms with Crippen LogP contribution >= 0.6 is 11.6 Å². The summed E-state index contributed by atoms with van der Waals surface area (Å²) in [4.78, 5) is 10.9. The fourth-order valence-electron chi connectivity index (χ4n) is 2.72. The van der Waals surface area contributed by atoms with Gasteiger partial charge in [0.15, 0.2) is 0 Å². The Morgan fingerprint density at radius 3 is 2.75 bits per heavy atom. The molecule has 0 amide bonds. The number of hydrogen-bond acceptors (Lipinski definition) is 4. The Labute approximate surface area is 123 Å². The summed E-state index contributed by atoms with van der Waals surface area (Å²) in [6.07, 6.45) is 4.72. The van der Waals surface area contributed by atoms with Crippen molar-refractivity contribution in [2.45, 2.75) is 32.2 Å². The summed E-state index contributed by atoms with van der Waals surface area (Å²) in [6.45, 7) is 5.38. The molecule has 1 aliphatic heterocycles. The number of aliphatic hydroxyl groups excluding tert-OH is 1. The number of fused-ring (bicyclic) bond motifs is 1. The molecule has 0 bridgehead atoms. The van der Waals surface area contributed by atoms with Gasteiger partial charge in [0.2, 0.25) is 0 Å². The highest BCUT2D eigenvalue weighted by Crippen LogP contribution is 2.35. The second-order valence-corrected chi connectivity index (χ2v) is 5.95. The van der Waals surface area contributed by atoms with E-state index in [1.807, 2.05) is 12.3 Å². The molecule has 4 nitrogen and oxygen atoms in total. The van der Waals surface area contributed by atoms with E-state index in [2.05, 4.69) is 28.7 Å². The molecular formula is C15H18ClN3O. The average Bonchev–Trinajstić information content (AvgIpc) is 2.37. The fraction of sp³-hybridized carbons (Fsp3) is 0.467. The number of halogens is 1. The van der Waals surface area contributed by atoms with E-state index in [4.69, 9.17) is 11.6 Å². The van der Waals surface area contributed by atoms with Gasteiger partial charge in [-0.1, -0.05) is 25.4 Å². The van der Waals surface area contributed by atoms with Crippen molar-refractivity contribution in [3.8, 4) is 0 Å². The van der Waals surface area contributed by atoms with Gasteiger partial charge in [-0.05, 0) is 29.4 Å². The Morgan fingerprint density at radius 2 is 2.15 bits per heavy atom. The lowest BCUT2D eigenvalue weighted by Gasteiger charge is -2.41. The average molecular weight is 292 g/mol. The van der Waals surface area contributed by atoms with Crippen LogP contribution in [0.4, 0.5) is 5.82 Å². The van der Waals surface area contributed by atoms with E-state index in [0.717, 1.165) is 29.6 Å². The molecule has 3 rings (SSSR count). The number of nitrogens with zero attached hydrogens (tertiary/aromatic N) is 3. The monoisotopic (exact) mass is 291 g/mol. The van der Waals surface area contributed by atoms with Crippen molar-refractivity contribution >= 4 is 28.2 Å². The number of rotatable bonds is 3. The van der Waals surface area contributed by atoms with Gasteiger partial charge in [0.25, 0.3) is 0 Å². The van der Waals surface area contributed by atoms with Crippen LogP contribution < -0.4 is 4.90 Å². The molecular weight excluding hydrogens is 274 g/mol. The highest BCUT2D eigenvalue weighted by atomic mass is 35.5. The van der Waals surface area contributed by atoms with Crippen molar-refractivity contribution in [1.29, 1.82) is 0 Å². The van der Waals surface area contributed by atoms with E-state index in [9.17, 15) is 5.11 Å². The van der Waals surface area contributed by atoms with E-state index >= 15 is 0 Å². The molecule has 1 saturated heterocycles. The molecule has 2 aromatic rings. The summed E-state index contributed by atoms with van der Waals surface area (Å²) in [6, 6.07) is 2.08. The predicted molar refractivity (Wildman–Crippen MR) is 81.5 cm³/mol. The van der Waals surface area contributed by atoms with Crippen molar-refractivity contribution in [2.75, 3.05) is 18.1 Å². The first kappa shape index (κ1) is 13.6. The molecule has 0 saturated carbocycles. The number of hydrogen-bond donors (Lipinski definition) is 1. The highest BCUT2D eigenvalue weighted by Gasteiger charge is 2.30. The van der Waals surface area contributed by atoms with Crippen LogP contribution in [0.2, 0.25) is 5.15 Å². The first-order chi connectivity index (χ1) is 9.61. The Bertz CT molecular complexity index is 642. The minimum atomic E-state index is 0.163. The molecule has 1 atom stereocenters.